The van der Waals surface area contributed by atoms with Crippen molar-refractivity contribution in [1.82, 2.24) is 4.72 Å². The maximum atomic E-state index is 12.3. The number of carbonyl (C=O) groups excluding carboxylic acids is 1. The molecule has 3 rings (SSSR count). The number of sulfonamides is 1. The van der Waals surface area contributed by atoms with Crippen molar-refractivity contribution in [3.05, 3.63) is 21.9 Å². The molecule has 0 aromatic carbocycles. The molecule has 1 unspecified atom stereocenters. The standard InChI is InChI=1S/C15H21NO4S2/c17-14(16-22(18,19)12-4-2-1-3-5-12)10-13-15-11(6-8-20-13)7-9-21-15/h7,9,12-13H,1-6,8,10H2,(H,16,17). The number of hydrogen-bond donors (Lipinski definition) is 1. The lowest BCUT2D eigenvalue weighted by atomic mass is 10.0. The Morgan fingerprint density at radius 1 is 1.32 bits per heavy atom. The van der Waals surface area contributed by atoms with E-state index in [-0.39, 0.29) is 12.5 Å². The van der Waals surface area contributed by atoms with Crippen LogP contribution in [0.5, 0.6) is 0 Å². The summed E-state index contributed by atoms with van der Waals surface area (Å²) in [6, 6.07) is 2.05. The number of amides is 1. The van der Waals surface area contributed by atoms with Crippen LogP contribution in [0.1, 0.15) is 55.1 Å². The van der Waals surface area contributed by atoms with Crippen LogP contribution in [0.4, 0.5) is 0 Å². The fourth-order valence-electron chi connectivity index (χ4n) is 3.20. The maximum Gasteiger partial charge on any atom is 0.237 e. The monoisotopic (exact) mass is 343 g/mol. The van der Waals surface area contributed by atoms with Crippen LogP contribution < -0.4 is 4.72 Å². The smallest absolute Gasteiger partial charge is 0.237 e. The van der Waals surface area contributed by atoms with E-state index in [1.54, 1.807) is 11.3 Å². The lowest BCUT2D eigenvalue weighted by Crippen LogP contribution is -2.40. The van der Waals surface area contributed by atoms with Gasteiger partial charge in [0, 0.05) is 4.88 Å². The maximum absolute atomic E-state index is 12.3. The highest BCUT2D eigenvalue weighted by Gasteiger charge is 2.31. The zero-order chi connectivity index (χ0) is 15.6. The van der Waals surface area contributed by atoms with Crippen LogP contribution in [0.3, 0.4) is 0 Å². The van der Waals surface area contributed by atoms with Crippen molar-refractivity contribution < 1.29 is 17.9 Å². The summed E-state index contributed by atoms with van der Waals surface area (Å²) in [4.78, 5) is 13.2. The van der Waals surface area contributed by atoms with E-state index in [4.69, 9.17) is 4.74 Å². The Labute approximate surface area is 135 Å². The second-order valence-corrected chi connectivity index (χ2v) is 8.86. The first-order valence-corrected chi connectivity index (χ1v) is 10.2. The molecular formula is C15H21NO4S2. The molecule has 7 heteroatoms. The summed E-state index contributed by atoms with van der Waals surface area (Å²) in [6.45, 7) is 0.580. The van der Waals surface area contributed by atoms with Crippen LogP contribution in [0, 0.1) is 0 Å². The Balaban J connectivity index is 1.61. The number of carbonyl (C=O) groups is 1. The quantitative estimate of drug-likeness (QED) is 0.912. The van der Waals surface area contributed by atoms with Crippen molar-refractivity contribution in [2.24, 2.45) is 0 Å². The number of rotatable bonds is 4. The lowest BCUT2D eigenvalue weighted by Gasteiger charge is -2.24. The minimum atomic E-state index is -3.55. The van der Waals surface area contributed by atoms with E-state index in [1.807, 2.05) is 11.4 Å². The van der Waals surface area contributed by atoms with Gasteiger partial charge in [-0.2, -0.15) is 0 Å². The molecule has 1 aromatic rings. The van der Waals surface area contributed by atoms with Crippen LogP contribution in [0.2, 0.25) is 0 Å². The molecule has 0 bridgehead atoms. The highest BCUT2D eigenvalue weighted by molar-refractivity contribution is 7.90. The summed E-state index contributed by atoms with van der Waals surface area (Å²) in [5.74, 6) is -0.461. The van der Waals surface area contributed by atoms with Crippen molar-refractivity contribution in [3.8, 4) is 0 Å². The van der Waals surface area contributed by atoms with Gasteiger partial charge in [-0.25, -0.2) is 8.42 Å². The molecule has 1 aliphatic heterocycles. The van der Waals surface area contributed by atoms with Gasteiger partial charge < -0.3 is 4.74 Å². The van der Waals surface area contributed by atoms with E-state index in [0.29, 0.717) is 19.4 Å². The van der Waals surface area contributed by atoms with Gasteiger partial charge in [-0.05, 0) is 36.3 Å². The highest BCUT2D eigenvalue weighted by Crippen LogP contribution is 2.34. The second kappa shape index (κ2) is 6.68. The van der Waals surface area contributed by atoms with Crippen LogP contribution in [0.25, 0.3) is 0 Å². The zero-order valence-electron chi connectivity index (χ0n) is 12.4. The van der Waals surface area contributed by atoms with E-state index < -0.39 is 21.2 Å². The Bertz CT molecular complexity index is 632. The van der Waals surface area contributed by atoms with Crippen molar-refractivity contribution in [3.63, 3.8) is 0 Å². The van der Waals surface area contributed by atoms with Gasteiger partial charge in [-0.15, -0.1) is 11.3 Å². The third-order valence-electron chi connectivity index (χ3n) is 4.38. The molecule has 1 fully saturated rings. The molecule has 1 saturated carbocycles. The van der Waals surface area contributed by atoms with E-state index in [9.17, 15) is 13.2 Å². The van der Waals surface area contributed by atoms with Gasteiger partial charge in [0.25, 0.3) is 0 Å². The number of nitrogens with one attached hydrogen (secondary N) is 1. The molecule has 1 atom stereocenters. The van der Waals surface area contributed by atoms with E-state index in [0.717, 1.165) is 30.6 Å². The minimum absolute atomic E-state index is 0.0689. The Morgan fingerprint density at radius 2 is 2.09 bits per heavy atom. The Hall–Kier alpha value is -0.920. The van der Waals surface area contributed by atoms with Gasteiger partial charge in [-0.3, -0.25) is 9.52 Å². The molecule has 1 amide bonds. The van der Waals surface area contributed by atoms with Gasteiger partial charge in [-0.1, -0.05) is 19.3 Å². The van der Waals surface area contributed by atoms with Gasteiger partial charge in [0.15, 0.2) is 0 Å². The van der Waals surface area contributed by atoms with Crippen LogP contribution >= 0.6 is 11.3 Å². The van der Waals surface area contributed by atoms with Gasteiger partial charge in [0.05, 0.1) is 18.3 Å². The molecule has 5 nitrogen and oxygen atoms in total. The first-order chi connectivity index (χ1) is 10.6. The fourth-order valence-corrected chi connectivity index (χ4v) is 5.73. The average molecular weight is 343 g/mol. The predicted molar refractivity (Wildman–Crippen MR) is 85.3 cm³/mol. The lowest BCUT2D eigenvalue weighted by molar-refractivity contribution is -0.122. The number of fused-ring (bicyclic) bond motifs is 1. The first kappa shape index (κ1) is 16.0. The van der Waals surface area contributed by atoms with Gasteiger partial charge in [0.2, 0.25) is 15.9 Å². The van der Waals surface area contributed by atoms with Crippen LogP contribution in [-0.2, 0) is 26.0 Å². The largest absolute Gasteiger partial charge is 0.372 e. The molecule has 22 heavy (non-hydrogen) atoms. The fraction of sp³-hybridized carbons (Fsp3) is 0.667. The van der Waals surface area contributed by atoms with Crippen molar-refractivity contribution >= 4 is 27.3 Å². The zero-order valence-corrected chi connectivity index (χ0v) is 14.0. The third-order valence-corrected chi connectivity index (χ3v) is 7.29. The molecule has 2 aliphatic rings. The summed E-state index contributed by atoms with van der Waals surface area (Å²) >= 11 is 1.57. The molecular weight excluding hydrogens is 322 g/mol. The molecule has 122 valence electrons. The number of ether oxygens (including phenoxy) is 1. The summed E-state index contributed by atoms with van der Waals surface area (Å²) in [5, 5.41) is 1.57. The van der Waals surface area contributed by atoms with Gasteiger partial charge in [0.1, 0.15) is 6.10 Å². The SMILES string of the molecule is O=C(CC1OCCc2ccsc21)NS(=O)(=O)C1CCCCC1. The molecule has 1 aromatic heterocycles. The molecule has 1 N–H and O–H groups in total. The first-order valence-electron chi connectivity index (χ1n) is 7.78. The minimum Gasteiger partial charge on any atom is -0.372 e. The Kier molecular flexibility index (Phi) is 4.84. The van der Waals surface area contributed by atoms with E-state index in [1.165, 1.54) is 5.56 Å². The normalized spacial score (nSPS) is 23.0. The van der Waals surface area contributed by atoms with E-state index >= 15 is 0 Å². The molecule has 0 spiro atoms. The second-order valence-electron chi connectivity index (χ2n) is 5.95. The summed E-state index contributed by atoms with van der Waals surface area (Å²) in [7, 11) is -3.55. The van der Waals surface area contributed by atoms with Crippen molar-refractivity contribution in [1.29, 1.82) is 0 Å². The third kappa shape index (κ3) is 3.52. The highest BCUT2D eigenvalue weighted by atomic mass is 32.2. The Morgan fingerprint density at radius 3 is 2.86 bits per heavy atom. The molecule has 1 aliphatic carbocycles. The number of thiophene rings is 1. The molecule has 2 heterocycles. The van der Waals surface area contributed by atoms with Crippen molar-refractivity contribution in [2.75, 3.05) is 6.61 Å². The topological polar surface area (TPSA) is 72.5 Å². The molecule has 0 saturated heterocycles. The van der Waals surface area contributed by atoms with Crippen LogP contribution in [0.15, 0.2) is 11.4 Å². The van der Waals surface area contributed by atoms with Crippen LogP contribution in [-0.4, -0.2) is 26.2 Å². The number of hydrogen-bond acceptors (Lipinski definition) is 5. The van der Waals surface area contributed by atoms with Crippen molar-refractivity contribution in [2.45, 2.75) is 56.3 Å². The van der Waals surface area contributed by atoms with Gasteiger partial charge >= 0.3 is 0 Å². The van der Waals surface area contributed by atoms with E-state index in [2.05, 4.69) is 4.72 Å². The predicted octanol–water partition coefficient (Wildman–Crippen LogP) is 2.53. The summed E-state index contributed by atoms with van der Waals surface area (Å²) in [5.41, 5.74) is 1.21. The summed E-state index contributed by atoms with van der Waals surface area (Å²) in [6.07, 6.45) is 4.84. The molecule has 0 radical (unpaired) electrons. The average Bonchev–Trinajstić information content (AvgIpc) is 2.97. The summed E-state index contributed by atoms with van der Waals surface area (Å²) < 4.78 is 32.4.